The minimum atomic E-state index is 0.219. The molecule has 1 saturated heterocycles. The molecule has 1 rings (SSSR count). The van der Waals surface area contributed by atoms with Crippen LogP contribution in [0.4, 0.5) is 0 Å². The lowest BCUT2D eigenvalue weighted by Gasteiger charge is -2.34. The van der Waals surface area contributed by atoms with Crippen LogP contribution in [0.15, 0.2) is 0 Å². The van der Waals surface area contributed by atoms with Crippen LogP contribution in [-0.2, 0) is 18.9 Å². The summed E-state index contributed by atoms with van der Waals surface area (Å²) in [6, 6.07) is 0. The van der Waals surface area contributed by atoms with Crippen LogP contribution in [0.3, 0.4) is 0 Å². The molecule has 108 valence electrons. The van der Waals surface area contributed by atoms with Gasteiger partial charge in [-0.15, -0.1) is 0 Å². The molecule has 0 saturated carbocycles. The van der Waals surface area contributed by atoms with E-state index in [1.165, 1.54) is 0 Å². The van der Waals surface area contributed by atoms with Crippen LogP contribution in [0.1, 0.15) is 19.8 Å². The normalized spacial score (nSPS) is 19.0. The summed E-state index contributed by atoms with van der Waals surface area (Å²) >= 11 is 0. The van der Waals surface area contributed by atoms with Crippen LogP contribution >= 0.6 is 0 Å². The van der Waals surface area contributed by atoms with Crippen molar-refractivity contribution >= 4 is 0 Å². The third kappa shape index (κ3) is 7.28. The zero-order valence-corrected chi connectivity index (χ0v) is 11.7. The second kappa shape index (κ2) is 9.69. The van der Waals surface area contributed by atoms with Crippen molar-refractivity contribution in [1.82, 2.24) is 5.32 Å². The molecule has 1 heterocycles. The first kappa shape index (κ1) is 15.9. The van der Waals surface area contributed by atoms with E-state index >= 15 is 0 Å². The standard InChI is InChI=1S/C13H27NO4/c1-13(3-6-16-7-4-13)14-5-8-17-11-12-18-10-9-15-2/h14H,3-12H2,1-2H3. The maximum absolute atomic E-state index is 5.49. The summed E-state index contributed by atoms with van der Waals surface area (Å²) in [5, 5.41) is 3.54. The van der Waals surface area contributed by atoms with Gasteiger partial charge in [-0.1, -0.05) is 0 Å². The second-order valence-electron chi connectivity index (χ2n) is 4.82. The molecule has 0 radical (unpaired) electrons. The van der Waals surface area contributed by atoms with Crippen LogP contribution in [0.5, 0.6) is 0 Å². The SMILES string of the molecule is COCCOCCOCCNC1(C)CCOCC1. The molecule has 5 nitrogen and oxygen atoms in total. The van der Waals surface area contributed by atoms with Crippen molar-refractivity contribution in [3.05, 3.63) is 0 Å². The van der Waals surface area contributed by atoms with Gasteiger partial charge in [0, 0.05) is 32.4 Å². The molecule has 1 N–H and O–H groups in total. The van der Waals surface area contributed by atoms with Crippen LogP contribution in [0.2, 0.25) is 0 Å². The maximum Gasteiger partial charge on any atom is 0.0701 e. The molecule has 1 fully saturated rings. The number of methoxy groups -OCH3 is 1. The number of nitrogens with one attached hydrogen (secondary N) is 1. The topological polar surface area (TPSA) is 49.0 Å². The minimum absolute atomic E-state index is 0.219. The van der Waals surface area contributed by atoms with E-state index < -0.39 is 0 Å². The third-order valence-electron chi connectivity index (χ3n) is 3.20. The van der Waals surface area contributed by atoms with Gasteiger partial charge in [-0.05, 0) is 19.8 Å². The fourth-order valence-corrected chi connectivity index (χ4v) is 1.89. The zero-order chi connectivity index (χ0) is 13.1. The molecule has 1 aliphatic rings. The van der Waals surface area contributed by atoms with Crippen LogP contribution in [0.25, 0.3) is 0 Å². The molecule has 0 aromatic heterocycles. The van der Waals surface area contributed by atoms with Crippen molar-refractivity contribution in [3.63, 3.8) is 0 Å². The Labute approximate surface area is 110 Å². The predicted molar refractivity (Wildman–Crippen MR) is 70.0 cm³/mol. The second-order valence-corrected chi connectivity index (χ2v) is 4.82. The van der Waals surface area contributed by atoms with Gasteiger partial charge in [-0.25, -0.2) is 0 Å². The first-order chi connectivity index (χ1) is 8.77. The van der Waals surface area contributed by atoms with Crippen LogP contribution in [-0.4, -0.2) is 65.4 Å². The molecule has 0 atom stereocenters. The molecule has 0 bridgehead atoms. The monoisotopic (exact) mass is 261 g/mol. The Bertz CT molecular complexity index is 195. The maximum atomic E-state index is 5.49. The Morgan fingerprint density at radius 3 is 2.28 bits per heavy atom. The van der Waals surface area contributed by atoms with Crippen molar-refractivity contribution in [1.29, 1.82) is 0 Å². The Balaban J connectivity index is 1.86. The average Bonchev–Trinajstić information content (AvgIpc) is 2.38. The van der Waals surface area contributed by atoms with Crippen molar-refractivity contribution in [2.24, 2.45) is 0 Å². The Morgan fingerprint density at radius 2 is 1.61 bits per heavy atom. The van der Waals surface area contributed by atoms with E-state index in [0.717, 1.165) is 39.2 Å². The summed E-state index contributed by atoms with van der Waals surface area (Å²) in [6.07, 6.45) is 2.15. The third-order valence-corrected chi connectivity index (χ3v) is 3.20. The van der Waals surface area contributed by atoms with Crippen molar-refractivity contribution in [2.45, 2.75) is 25.3 Å². The lowest BCUT2D eigenvalue weighted by Crippen LogP contribution is -2.47. The quantitative estimate of drug-likeness (QED) is 0.590. The molecule has 0 aliphatic carbocycles. The molecule has 0 spiro atoms. The fourth-order valence-electron chi connectivity index (χ4n) is 1.89. The lowest BCUT2D eigenvalue weighted by molar-refractivity contribution is 0.0189. The first-order valence-corrected chi connectivity index (χ1v) is 6.74. The highest BCUT2D eigenvalue weighted by Crippen LogP contribution is 2.18. The molecule has 0 aromatic rings. The van der Waals surface area contributed by atoms with Gasteiger partial charge < -0.3 is 24.3 Å². The summed E-state index contributed by atoms with van der Waals surface area (Å²) in [4.78, 5) is 0. The van der Waals surface area contributed by atoms with E-state index in [1.807, 2.05) is 0 Å². The molecule has 1 aliphatic heterocycles. The van der Waals surface area contributed by atoms with Gasteiger partial charge >= 0.3 is 0 Å². The van der Waals surface area contributed by atoms with E-state index in [1.54, 1.807) is 7.11 Å². The predicted octanol–water partition coefficient (Wildman–Crippen LogP) is 0.825. The first-order valence-electron chi connectivity index (χ1n) is 6.74. The highest BCUT2D eigenvalue weighted by molar-refractivity contribution is 4.84. The average molecular weight is 261 g/mol. The van der Waals surface area contributed by atoms with Gasteiger partial charge in [-0.3, -0.25) is 0 Å². The molecule has 5 heteroatoms. The molecule has 0 unspecified atom stereocenters. The summed E-state index contributed by atoms with van der Waals surface area (Å²) in [5.41, 5.74) is 0.219. The van der Waals surface area contributed by atoms with E-state index in [2.05, 4.69) is 12.2 Å². The summed E-state index contributed by atoms with van der Waals surface area (Å²) < 4.78 is 21.0. The summed E-state index contributed by atoms with van der Waals surface area (Å²) in [6.45, 7) is 8.13. The smallest absolute Gasteiger partial charge is 0.0701 e. The number of ether oxygens (including phenoxy) is 4. The molecule has 0 aromatic carbocycles. The van der Waals surface area contributed by atoms with Crippen molar-refractivity contribution in [2.75, 3.05) is 59.9 Å². The largest absolute Gasteiger partial charge is 0.382 e. The molecule has 18 heavy (non-hydrogen) atoms. The van der Waals surface area contributed by atoms with E-state index in [0.29, 0.717) is 26.4 Å². The number of rotatable bonds is 10. The van der Waals surface area contributed by atoms with Gasteiger partial charge in [0.1, 0.15) is 0 Å². The Hall–Kier alpha value is -0.200. The zero-order valence-electron chi connectivity index (χ0n) is 11.7. The Kier molecular flexibility index (Phi) is 8.54. The fraction of sp³-hybridized carbons (Fsp3) is 1.00. The highest BCUT2D eigenvalue weighted by atomic mass is 16.5. The lowest BCUT2D eigenvalue weighted by atomic mass is 9.93. The number of hydrogen-bond donors (Lipinski definition) is 1. The summed E-state index contributed by atoms with van der Waals surface area (Å²) in [7, 11) is 1.67. The van der Waals surface area contributed by atoms with E-state index in [4.69, 9.17) is 18.9 Å². The summed E-state index contributed by atoms with van der Waals surface area (Å²) in [5.74, 6) is 0. The van der Waals surface area contributed by atoms with Gasteiger partial charge in [0.2, 0.25) is 0 Å². The van der Waals surface area contributed by atoms with Crippen molar-refractivity contribution in [3.8, 4) is 0 Å². The number of hydrogen-bond acceptors (Lipinski definition) is 5. The Morgan fingerprint density at radius 1 is 1.00 bits per heavy atom. The van der Waals surface area contributed by atoms with Gasteiger partial charge in [0.25, 0.3) is 0 Å². The van der Waals surface area contributed by atoms with E-state index in [-0.39, 0.29) is 5.54 Å². The highest BCUT2D eigenvalue weighted by Gasteiger charge is 2.25. The van der Waals surface area contributed by atoms with Gasteiger partial charge in [0.05, 0.1) is 33.0 Å². The molecule has 0 amide bonds. The molecular formula is C13H27NO4. The van der Waals surface area contributed by atoms with Gasteiger partial charge in [0.15, 0.2) is 0 Å². The van der Waals surface area contributed by atoms with Crippen LogP contribution in [0, 0.1) is 0 Å². The minimum Gasteiger partial charge on any atom is -0.382 e. The van der Waals surface area contributed by atoms with Crippen molar-refractivity contribution < 1.29 is 18.9 Å². The van der Waals surface area contributed by atoms with Crippen LogP contribution < -0.4 is 5.32 Å². The molecular weight excluding hydrogens is 234 g/mol. The van der Waals surface area contributed by atoms with E-state index in [9.17, 15) is 0 Å². The van der Waals surface area contributed by atoms with Gasteiger partial charge in [-0.2, -0.15) is 0 Å².